The predicted octanol–water partition coefficient (Wildman–Crippen LogP) is -1.26. The molecule has 3 fully saturated rings. The number of ether oxygens (including phenoxy) is 2. The van der Waals surface area contributed by atoms with Crippen LogP contribution in [0.2, 0.25) is 0 Å². The molecule has 3 atom stereocenters. The number of nitrogens with zero attached hydrogens (tertiary/aromatic N) is 3. The maximum atomic E-state index is 12.6. The van der Waals surface area contributed by atoms with Gasteiger partial charge in [0, 0.05) is 40.3 Å². The van der Waals surface area contributed by atoms with E-state index in [9.17, 15) is 13.2 Å². The smallest absolute Gasteiger partial charge is 0.281 e. The summed E-state index contributed by atoms with van der Waals surface area (Å²) in [5, 5.41) is 0. The molecule has 3 heterocycles. The fourth-order valence-corrected chi connectivity index (χ4v) is 4.47. The Balaban J connectivity index is 1.70. The number of amides is 1. The van der Waals surface area contributed by atoms with Crippen LogP contribution in [0.15, 0.2) is 0 Å². The molecule has 0 unspecified atom stereocenters. The summed E-state index contributed by atoms with van der Waals surface area (Å²) in [6.45, 7) is 2.91. The number of rotatable bonds is 3. The second-order valence-electron chi connectivity index (χ2n) is 6.18. The fraction of sp³-hybridized carbons (Fsp3) is 0.923. The maximum absolute atomic E-state index is 12.6. The molecule has 3 saturated heterocycles. The van der Waals surface area contributed by atoms with E-state index in [0.29, 0.717) is 39.3 Å². The highest BCUT2D eigenvalue weighted by Gasteiger charge is 2.48. The van der Waals surface area contributed by atoms with Gasteiger partial charge < -0.3 is 14.4 Å². The number of hydrogen-bond donors (Lipinski definition) is 0. The lowest BCUT2D eigenvalue weighted by Gasteiger charge is -2.34. The van der Waals surface area contributed by atoms with E-state index in [4.69, 9.17) is 9.47 Å². The minimum Gasteiger partial charge on any atom is -0.378 e. The summed E-state index contributed by atoms with van der Waals surface area (Å²) in [7, 11) is -0.424. The van der Waals surface area contributed by atoms with E-state index in [-0.39, 0.29) is 30.6 Å². The van der Waals surface area contributed by atoms with Crippen LogP contribution in [0.1, 0.15) is 6.42 Å². The third-order valence-corrected chi connectivity index (χ3v) is 6.42. The lowest BCUT2D eigenvalue weighted by atomic mass is 9.98. The monoisotopic (exact) mass is 333 g/mol. The zero-order valence-corrected chi connectivity index (χ0v) is 13.8. The Hall–Kier alpha value is -0.740. The van der Waals surface area contributed by atoms with Crippen molar-refractivity contribution in [1.29, 1.82) is 0 Å². The van der Waals surface area contributed by atoms with Gasteiger partial charge in [-0.2, -0.15) is 17.0 Å². The Kier molecular flexibility index (Phi) is 4.43. The van der Waals surface area contributed by atoms with Gasteiger partial charge in [-0.25, -0.2) is 0 Å². The zero-order valence-electron chi connectivity index (χ0n) is 13.0. The molecule has 0 aliphatic carbocycles. The molecular formula is C13H23N3O5S. The number of carbonyl (C=O) groups is 1. The van der Waals surface area contributed by atoms with Gasteiger partial charge in [-0.1, -0.05) is 0 Å². The number of carbonyl (C=O) groups excluding carboxylic acids is 1. The molecular weight excluding hydrogens is 310 g/mol. The van der Waals surface area contributed by atoms with Gasteiger partial charge in [0.2, 0.25) is 5.91 Å². The van der Waals surface area contributed by atoms with E-state index in [2.05, 4.69) is 0 Å². The fourth-order valence-electron chi connectivity index (χ4n) is 3.32. The van der Waals surface area contributed by atoms with E-state index >= 15 is 0 Å². The van der Waals surface area contributed by atoms with Crippen LogP contribution in [0.5, 0.6) is 0 Å². The first kappa shape index (κ1) is 16.1. The van der Waals surface area contributed by atoms with Crippen molar-refractivity contribution in [2.24, 2.45) is 5.92 Å². The van der Waals surface area contributed by atoms with Crippen molar-refractivity contribution >= 4 is 16.1 Å². The summed E-state index contributed by atoms with van der Waals surface area (Å²) in [5.41, 5.74) is 0. The van der Waals surface area contributed by atoms with Gasteiger partial charge in [-0.15, -0.1) is 0 Å². The van der Waals surface area contributed by atoms with Crippen molar-refractivity contribution in [3.63, 3.8) is 0 Å². The predicted molar refractivity (Wildman–Crippen MR) is 78.3 cm³/mol. The first-order valence-electron chi connectivity index (χ1n) is 7.59. The Morgan fingerprint density at radius 3 is 2.50 bits per heavy atom. The molecule has 126 valence electrons. The zero-order chi connectivity index (χ0) is 15.9. The van der Waals surface area contributed by atoms with Crippen molar-refractivity contribution < 1.29 is 22.7 Å². The molecule has 0 saturated carbocycles. The Morgan fingerprint density at radius 1 is 1.18 bits per heavy atom. The van der Waals surface area contributed by atoms with Gasteiger partial charge in [0.15, 0.2) is 0 Å². The van der Waals surface area contributed by atoms with E-state index < -0.39 is 10.2 Å². The van der Waals surface area contributed by atoms with E-state index in [1.807, 2.05) is 4.90 Å². The molecule has 0 spiro atoms. The van der Waals surface area contributed by atoms with E-state index in [1.165, 1.54) is 22.7 Å². The highest BCUT2D eigenvalue weighted by atomic mass is 32.2. The van der Waals surface area contributed by atoms with Crippen LogP contribution in [0.4, 0.5) is 0 Å². The van der Waals surface area contributed by atoms with Crippen LogP contribution < -0.4 is 0 Å². The molecule has 3 rings (SSSR count). The average molecular weight is 333 g/mol. The first-order chi connectivity index (χ1) is 10.4. The molecule has 0 aromatic rings. The summed E-state index contributed by atoms with van der Waals surface area (Å²) in [4.78, 5) is 14.5. The van der Waals surface area contributed by atoms with Crippen LogP contribution >= 0.6 is 0 Å². The molecule has 3 aliphatic heterocycles. The van der Waals surface area contributed by atoms with E-state index in [1.54, 1.807) is 0 Å². The number of hydrogen-bond acceptors (Lipinski definition) is 5. The largest absolute Gasteiger partial charge is 0.378 e. The molecule has 0 aromatic heterocycles. The summed E-state index contributed by atoms with van der Waals surface area (Å²) in [6, 6.07) is 0. The molecule has 8 nitrogen and oxygen atoms in total. The summed E-state index contributed by atoms with van der Waals surface area (Å²) in [6.07, 6.45) is 0.0626. The SMILES string of the molecule is CN(C)S(=O)(=O)N1C[C@H]2C[C@H](C(=O)N3CCOCC3)[C@@H](C1)O2. The van der Waals surface area contributed by atoms with Crippen molar-refractivity contribution in [2.75, 3.05) is 53.5 Å². The van der Waals surface area contributed by atoms with Crippen LogP contribution in [0.25, 0.3) is 0 Å². The molecule has 0 aromatic carbocycles. The second kappa shape index (κ2) is 6.04. The van der Waals surface area contributed by atoms with Gasteiger partial charge in [0.05, 0.1) is 31.3 Å². The Labute approximate surface area is 131 Å². The molecule has 3 aliphatic rings. The third kappa shape index (κ3) is 2.88. The van der Waals surface area contributed by atoms with Gasteiger partial charge in [-0.05, 0) is 6.42 Å². The summed E-state index contributed by atoms with van der Waals surface area (Å²) >= 11 is 0. The van der Waals surface area contributed by atoms with Gasteiger partial charge in [0.1, 0.15) is 0 Å². The van der Waals surface area contributed by atoms with Crippen molar-refractivity contribution in [1.82, 2.24) is 13.5 Å². The lowest BCUT2D eigenvalue weighted by Crippen LogP contribution is -2.51. The minimum absolute atomic E-state index is 0.0694. The summed E-state index contributed by atoms with van der Waals surface area (Å²) < 4.78 is 38.3. The summed E-state index contributed by atoms with van der Waals surface area (Å²) in [5.74, 6) is -0.176. The van der Waals surface area contributed by atoms with E-state index in [0.717, 1.165) is 0 Å². The van der Waals surface area contributed by atoms with Crippen LogP contribution in [0, 0.1) is 5.92 Å². The Morgan fingerprint density at radius 2 is 1.86 bits per heavy atom. The average Bonchev–Trinajstić information content (AvgIpc) is 2.81. The highest BCUT2D eigenvalue weighted by Crippen LogP contribution is 2.34. The number of fused-ring (bicyclic) bond motifs is 2. The molecule has 1 amide bonds. The van der Waals surface area contributed by atoms with Crippen molar-refractivity contribution in [3.8, 4) is 0 Å². The quantitative estimate of drug-likeness (QED) is 0.644. The van der Waals surface area contributed by atoms with Crippen molar-refractivity contribution in [3.05, 3.63) is 0 Å². The number of morpholine rings is 2. The first-order valence-corrected chi connectivity index (χ1v) is 8.99. The molecule has 2 bridgehead atoms. The van der Waals surface area contributed by atoms with Gasteiger partial charge in [0.25, 0.3) is 10.2 Å². The van der Waals surface area contributed by atoms with Crippen LogP contribution in [-0.4, -0.2) is 93.5 Å². The topological polar surface area (TPSA) is 79.4 Å². The van der Waals surface area contributed by atoms with Gasteiger partial charge >= 0.3 is 0 Å². The van der Waals surface area contributed by atoms with Gasteiger partial charge in [-0.3, -0.25) is 4.79 Å². The maximum Gasteiger partial charge on any atom is 0.281 e. The van der Waals surface area contributed by atoms with Crippen LogP contribution in [-0.2, 0) is 24.5 Å². The standard InChI is InChI=1S/C13H23N3O5S/c1-14(2)22(18,19)16-8-10-7-11(12(9-16)21-10)13(17)15-3-5-20-6-4-15/h10-12H,3-9H2,1-2H3/t10-,11+,12-/m1/s1. The minimum atomic E-state index is -3.46. The Bertz CT molecular complexity index is 532. The molecule has 9 heteroatoms. The van der Waals surface area contributed by atoms with Crippen LogP contribution in [0.3, 0.4) is 0 Å². The molecule has 22 heavy (non-hydrogen) atoms. The van der Waals surface area contributed by atoms with Crippen molar-refractivity contribution in [2.45, 2.75) is 18.6 Å². The third-order valence-electron chi connectivity index (χ3n) is 4.55. The lowest BCUT2D eigenvalue weighted by molar-refractivity contribution is -0.142. The molecule has 0 N–H and O–H groups in total. The highest BCUT2D eigenvalue weighted by molar-refractivity contribution is 7.86. The normalized spacial score (nSPS) is 33.4. The molecule has 0 radical (unpaired) electrons. The second-order valence-corrected chi connectivity index (χ2v) is 8.33.